The highest BCUT2D eigenvalue weighted by molar-refractivity contribution is 5.79. The summed E-state index contributed by atoms with van der Waals surface area (Å²) in [4.78, 5) is 10.4. The minimum absolute atomic E-state index is 0.470. The molecule has 0 saturated carbocycles. The van der Waals surface area contributed by atoms with Crippen molar-refractivity contribution in [2.75, 3.05) is 0 Å². The number of unbranched alkanes of at least 4 members (excludes halogenated alkanes) is 2. The second-order valence-electron chi connectivity index (χ2n) is 2.41. The first-order valence-corrected chi connectivity index (χ1v) is 3.60. The Morgan fingerprint density at radius 2 is 2.18 bits per heavy atom. The van der Waals surface area contributed by atoms with E-state index < -0.39 is 11.9 Å². The molecule has 0 aromatic carbocycles. The molecule has 4 N–H and O–H groups in total. The van der Waals surface area contributed by atoms with Gasteiger partial charge in [0.05, 0.1) is 12.1 Å². The molecule has 1 atom stereocenters. The number of rotatable bonds is 5. The predicted molar refractivity (Wildman–Crippen MR) is 41.3 cm³/mol. The maximum atomic E-state index is 10.4. The molecule has 0 rings (SSSR count). The molecule has 0 radical (unpaired) electrons. The minimum atomic E-state index is -0.548. The second-order valence-corrected chi connectivity index (χ2v) is 2.41. The Hall–Kier alpha value is -1.08. The average Bonchev–Trinajstić information content (AvgIpc) is 1.97. The topological polar surface area (TPSA) is 92.9 Å². The molecule has 1 amide bonds. The third-order valence-electron chi connectivity index (χ3n) is 1.42. The summed E-state index contributed by atoms with van der Waals surface area (Å²) in [7, 11) is 0. The third kappa shape index (κ3) is 5.37. The molecule has 1 unspecified atom stereocenters. The van der Waals surface area contributed by atoms with Crippen molar-refractivity contribution < 1.29 is 4.79 Å². The van der Waals surface area contributed by atoms with E-state index in [1.54, 1.807) is 0 Å². The van der Waals surface area contributed by atoms with E-state index in [9.17, 15) is 4.79 Å². The third-order valence-corrected chi connectivity index (χ3v) is 1.42. The predicted octanol–water partition coefficient (Wildman–Crippen LogP) is -0.117. The van der Waals surface area contributed by atoms with Crippen molar-refractivity contribution in [3.63, 3.8) is 0 Å². The highest BCUT2D eigenvalue weighted by Crippen LogP contribution is 2.00. The summed E-state index contributed by atoms with van der Waals surface area (Å²) in [5, 5.41) is 8.17. The molecule has 0 saturated heterocycles. The van der Waals surface area contributed by atoms with Gasteiger partial charge in [-0.25, -0.2) is 0 Å². The summed E-state index contributed by atoms with van der Waals surface area (Å²) in [5.74, 6) is -0.470. The van der Waals surface area contributed by atoms with Gasteiger partial charge in [0.15, 0.2) is 0 Å². The standard InChI is InChI=1S/C7H13N3O/c8-5-3-1-2-4-6(9)7(10)11/h6H,1-4,9H2,(H2,10,11). The SMILES string of the molecule is N#CCCCCC(N)C(N)=O. The van der Waals surface area contributed by atoms with Gasteiger partial charge in [-0.1, -0.05) is 6.42 Å². The fourth-order valence-corrected chi connectivity index (χ4v) is 0.711. The molecule has 0 aliphatic rings. The number of amides is 1. The Labute approximate surface area is 66.2 Å². The van der Waals surface area contributed by atoms with Gasteiger partial charge in [-0.2, -0.15) is 5.26 Å². The van der Waals surface area contributed by atoms with Gasteiger partial charge >= 0.3 is 0 Å². The molecule has 11 heavy (non-hydrogen) atoms. The van der Waals surface area contributed by atoms with Crippen LogP contribution in [-0.4, -0.2) is 11.9 Å². The molecule has 0 spiro atoms. The van der Waals surface area contributed by atoms with Crippen LogP contribution < -0.4 is 11.5 Å². The highest BCUT2D eigenvalue weighted by atomic mass is 16.1. The van der Waals surface area contributed by atoms with Crippen molar-refractivity contribution >= 4 is 5.91 Å². The number of nitrogens with two attached hydrogens (primary N) is 2. The number of carbonyl (C=O) groups is 1. The van der Waals surface area contributed by atoms with Crippen LogP contribution in [0, 0.1) is 11.3 Å². The van der Waals surface area contributed by atoms with Crippen molar-refractivity contribution in [3.05, 3.63) is 0 Å². The number of nitrogens with zero attached hydrogens (tertiary/aromatic N) is 1. The van der Waals surface area contributed by atoms with Gasteiger partial charge in [0, 0.05) is 6.42 Å². The van der Waals surface area contributed by atoms with Crippen LogP contribution in [0.5, 0.6) is 0 Å². The summed E-state index contributed by atoms with van der Waals surface area (Å²) >= 11 is 0. The largest absolute Gasteiger partial charge is 0.368 e. The molecule has 0 aliphatic heterocycles. The Balaban J connectivity index is 3.26. The Kier molecular flexibility index (Phi) is 5.13. The number of nitriles is 1. The van der Waals surface area contributed by atoms with Crippen molar-refractivity contribution in [1.82, 2.24) is 0 Å². The second kappa shape index (κ2) is 5.69. The van der Waals surface area contributed by atoms with Crippen molar-refractivity contribution in [2.24, 2.45) is 11.5 Å². The molecular formula is C7H13N3O. The Morgan fingerprint density at radius 3 is 2.64 bits per heavy atom. The van der Waals surface area contributed by atoms with Gasteiger partial charge in [-0.05, 0) is 12.8 Å². The number of hydrogen-bond donors (Lipinski definition) is 2. The van der Waals surface area contributed by atoms with Crippen LogP contribution in [0.4, 0.5) is 0 Å². The van der Waals surface area contributed by atoms with Crippen LogP contribution in [-0.2, 0) is 4.79 Å². The normalized spacial score (nSPS) is 12.0. The first-order chi connectivity index (χ1) is 5.18. The Morgan fingerprint density at radius 1 is 1.55 bits per heavy atom. The molecule has 0 aliphatic carbocycles. The van der Waals surface area contributed by atoms with Crippen LogP contribution in [0.15, 0.2) is 0 Å². The van der Waals surface area contributed by atoms with Gasteiger partial charge in [-0.3, -0.25) is 4.79 Å². The first kappa shape index (κ1) is 9.92. The lowest BCUT2D eigenvalue weighted by Gasteiger charge is -2.04. The lowest BCUT2D eigenvalue weighted by molar-refractivity contribution is -0.119. The van der Waals surface area contributed by atoms with Crippen molar-refractivity contribution in [2.45, 2.75) is 31.7 Å². The average molecular weight is 155 g/mol. The smallest absolute Gasteiger partial charge is 0.234 e. The maximum Gasteiger partial charge on any atom is 0.234 e. The van der Waals surface area contributed by atoms with Crippen molar-refractivity contribution in [3.8, 4) is 6.07 Å². The monoisotopic (exact) mass is 155 g/mol. The zero-order valence-electron chi connectivity index (χ0n) is 6.42. The van der Waals surface area contributed by atoms with Gasteiger partial charge in [0.1, 0.15) is 0 Å². The van der Waals surface area contributed by atoms with Crippen LogP contribution in [0.1, 0.15) is 25.7 Å². The van der Waals surface area contributed by atoms with E-state index in [2.05, 4.69) is 0 Å². The van der Waals surface area contributed by atoms with Crippen LogP contribution in [0.3, 0.4) is 0 Å². The fraction of sp³-hybridized carbons (Fsp3) is 0.714. The summed E-state index contributed by atoms with van der Waals surface area (Å²) in [6.07, 6.45) is 2.68. The van der Waals surface area contributed by atoms with Crippen LogP contribution in [0.2, 0.25) is 0 Å². The van der Waals surface area contributed by atoms with Crippen LogP contribution >= 0.6 is 0 Å². The van der Waals surface area contributed by atoms with Crippen molar-refractivity contribution in [1.29, 1.82) is 5.26 Å². The maximum absolute atomic E-state index is 10.4. The molecule has 4 nitrogen and oxygen atoms in total. The zero-order valence-corrected chi connectivity index (χ0v) is 6.42. The molecule has 0 fully saturated rings. The van der Waals surface area contributed by atoms with Gasteiger partial charge in [-0.15, -0.1) is 0 Å². The van der Waals surface area contributed by atoms with E-state index in [1.165, 1.54) is 0 Å². The quantitative estimate of drug-likeness (QED) is 0.542. The van der Waals surface area contributed by atoms with Gasteiger partial charge < -0.3 is 11.5 Å². The summed E-state index contributed by atoms with van der Waals surface area (Å²) in [6.45, 7) is 0. The summed E-state index contributed by atoms with van der Waals surface area (Å²) < 4.78 is 0. The molecule has 0 bridgehead atoms. The molecule has 62 valence electrons. The highest BCUT2D eigenvalue weighted by Gasteiger charge is 2.07. The zero-order chi connectivity index (χ0) is 8.69. The van der Waals surface area contributed by atoms with E-state index in [-0.39, 0.29) is 0 Å². The summed E-state index contributed by atoms with van der Waals surface area (Å²) in [6, 6.07) is 1.47. The molecular weight excluding hydrogens is 142 g/mol. The lowest BCUT2D eigenvalue weighted by atomic mass is 10.1. The van der Waals surface area contributed by atoms with E-state index in [1.807, 2.05) is 6.07 Å². The fourth-order valence-electron chi connectivity index (χ4n) is 0.711. The van der Waals surface area contributed by atoms with Crippen LogP contribution in [0.25, 0.3) is 0 Å². The minimum Gasteiger partial charge on any atom is -0.368 e. The van der Waals surface area contributed by atoms with Gasteiger partial charge in [0.25, 0.3) is 0 Å². The molecule has 0 aromatic rings. The van der Waals surface area contributed by atoms with E-state index in [4.69, 9.17) is 16.7 Å². The Bertz CT molecular complexity index is 162. The number of primary amides is 1. The van der Waals surface area contributed by atoms with E-state index >= 15 is 0 Å². The number of carbonyl (C=O) groups excluding carboxylic acids is 1. The molecule has 0 aromatic heterocycles. The summed E-state index contributed by atoms with van der Waals surface area (Å²) in [5.41, 5.74) is 10.3. The lowest BCUT2D eigenvalue weighted by Crippen LogP contribution is -2.36. The molecule has 4 heteroatoms. The molecule has 0 heterocycles. The number of hydrogen-bond acceptors (Lipinski definition) is 3. The van der Waals surface area contributed by atoms with E-state index in [0.29, 0.717) is 12.8 Å². The first-order valence-electron chi connectivity index (χ1n) is 3.60. The van der Waals surface area contributed by atoms with Gasteiger partial charge in [0.2, 0.25) is 5.91 Å². The van der Waals surface area contributed by atoms with E-state index in [0.717, 1.165) is 12.8 Å².